The number of hydrogen-bond acceptors (Lipinski definition) is 2. The quantitative estimate of drug-likeness (QED) is 0.672. The minimum Gasteiger partial charge on any atom is -0.504 e. The van der Waals surface area contributed by atoms with E-state index in [0.29, 0.717) is 6.01 Å². The van der Waals surface area contributed by atoms with Gasteiger partial charge in [0, 0.05) is 0 Å². The van der Waals surface area contributed by atoms with Crippen LogP contribution in [-0.4, -0.2) is 8.07 Å². The van der Waals surface area contributed by atoms with E-state index in [0.717, 1.165) is 0 Å². The topological polar surface area (TPSA) is 46.2 Å². The smallest absolute Gasteiger partial charge is 0.163 e. The molecule has 1 aliphatic rings. The maximum atomic E-state index is 9.07. The molecule has 5 heteroatoms. The summed E-state index contributed by atoms with van der Waals surface area (Å²) in [6, 6.07) is 0. The Morgan fingerprint density at radius 3 is 2.60 bits per heavy atom. The van der Waals surface area contributed by atoms with Crippen LogP contribution in [0.4, 0.5) is 0 Å². The lowest BCUT2D eigenvalue weighted by Crippen LogP contribution is -2.05. The lowest BCUT2D eigenvalue weighted by Gasteiger charge is -2.04. The van der Waals surface area contributed by atoms with E-state index in [1.54, 1.807) is 0 Å². The summed E-state index contributed by atoms with van der Waals surface area (Å²) in [5, 5.41) is 9.07. The zero-order chi connectivity index (χ0) is 7.72. The summed E-state index contributed by atoms with van der Waals surface area (Å²) < 4.78 is 1.06. The molecule has 0 bridgehead atoms. The minimum atomic E-state index is -0.557. The predicted octanol–water partition coefficient (Wildman–Crippen LogP) is 2.15. The monoisotopic (exact) mass is 291 g/mol. The summed E-state index contributed by atoms with van der Waals surface area (Å²) in [6.07, 6.45) is 1.54. The number of halogens is 3. The maximum Gasteiger partial charge on any atom is 0.163 e. The largest absolute Gasteiger partial charge is 0.504 e. The molecule has 0 aromatic heterocycles. The Morgan fingerprint density at radius 1 is 1.50 bits per heavy atom. The molecular formula is C5H4Cl2INO. The second-order valence-corrected chi connectivity index (χ2v) is 6.43. The average molecular weight is 292 g/mol. The second kappa shape index (κ2) is 3.11. The van der Waals surface area contributed by atoms with Gasteiger partial charge in [0.1, 0.15) is 2.97 Å². The molecule has 0 unspecified atom stereocenters. The second-order valence-electron chi connectivity index (χ2n) is 1.59. The van der Waals surface area contributed by atoms with Crippen LogP contribution in [0, 0.1) is 0 Å². The highest BCUT2D eigenvalue weighted by atomic mass is 127. The number of aliphatic hydroxyl groups is 1. The van der Waals surface area contributed by atoms with Crippen molar-refractivity contribution in [2.75, 3.05) is 0 Å². The Kier molecular flexibility index (Phi) is 2.60. The summed E-state index contributed by atoms with van der Waals surface area (Å²) in [6.45, 7) is 0. The van der Waals surface area contributed by atoms with Crippen molar-refractivity contribution in [3.05, 3.63) is 20.6 Å². The zero-order valence-corrected chi connectivity index (χ0v) is 8.41. The van der Waals surface area contributed by atoms with Gasteiger partial charge < -0.3 is 10.8 Å². The Hall–Kier alpha value is 0.260. The van der Waals surface area contributed by atoms with E-state index in [9.17, 15) is 0 Å². The Balaban J connectivity index is 3.13. The average Bonchev–Trinajstić information content (AvgIpc) is 1.82. The van der Waals surface area contributed by atoms with E-state index < -0.39 is 20.7 Å². The number of aliphatic hydroxyl groups excluding tert-OH is 1. The third-order valence-corrected chi connectivity index (χ3v) is 3.95. The van der Waals surface area contributed by atoms with Gasteiger partial charge in [0.25, 0.3) is 0 Å². The molecule has 0 fully saturated rings. The molecule has 1 heterocycles. The molecule has 1 aliphatic heterocycles. The van der Waals surface area contributed by atoms with Crippen molar-refractivity contribution < 1.29 is 5.11 Å². The molecule has 56 valence electrons. The molecule has 0 radical (unpaired) electrons. The minimum absolute atomic E-state index is 0.0149. The van der Waals surface area contributed by atoms with Crippen LogP contribution >= 0.6 is 43.9 Å². The van der Waals surface area contributed by atoms with Crippen LogP contribution in [0.2, 0.25) is 0 Å². The van der Waals surface area contributed by atoms with Crippen LogP contribution in [0.5, 0.6) is 0 Å². The zero-order valence-electron chi connectivity index (χ0n) is 4.74. The highest BCUT2D eigenvalue weighted by Crippen LogP contribution is 2.29. The molecule has 0 saturated heterocycles. The predicted molar refractivity (Wildman–Crippen MR) is 52.7 cm³/mol. The molecule has 3 N–H and O–H groups in total. The highest BCUT2D eigenvalue weighted by Gasteiger charge is 2.10. The molecule has 0 aliphatic carbocycles. The third kappa shape index (κ3) is 1.65. The molecule has 0 aromatic carbocycles. The van der Waals surface area contributed by atoms with E-state index in [1.165, 1.54) is 6.08 Å². The fraction of sp³-hybridized carbons (Fsp3) is 0. The Labute approximate surface area is 78.1 Å². The highest BCUT2D eigenvalue weighted by molar-refractivity contribution is 14.2. The van der Waals surface area contributed by atoms with Gasteiger partial charge in [-0.1, -0.05) is 23.2 Å². The van der Waals surface area contributed by atoms with Crippen LogP contribution in [0.3, 0.4) is 0 Å². The van der Waals surface area contributed by atoms with Gasteiger partial charge in [-0.25, -0.2) is 0 Å². The van der Waals surface area contributed by atoms with Crippen molar-refractivity contribution in [2.24, 2.45) is 5.73 Å². The van der Waals surface area contributed by atoms with Crippen LogP contribution in [0.15, 0.2) is 20.6 Å². The molecule has 0 amide bonds. The van der Waals surface area contributed by atoms with Crippen molar-refractivity contribution in [3.8, 4) is 0 Å². The molecule has 2 nitrogen and oxygen atoms in total. The summed E-state index contributed by atoms with van der Waals surface area (Å²) in [7, 11) is 0. The molecule has 10 heavy (non-hydrogen) atoms. The Morgan fingerprint density at radius 2 is 2.10 bits per heavy atom. The number of nitrogens with two attached hydrogens (primary N) is 1. The first-order valence-corrected chi connectivity index (χ1v) is 5.26. The number of allylic oxidation sites excluding steroid dienone is 2. The van der Waals surface area contributed by atoms with Gasteiger partial charge >= 0.3 is 0 Å². The first-order chi connectivity index (χ1) is 4.61. The molecule has 0 saturated carbocycles. The molecular weight excluding hydrogens is 288 g/mol. The lowest BCUT2D eigenvalue weighted by molar-refractivity contribution is 0.441. The summed E-state index contributed by atoms with van der Waals surface area (Å²) in [5.74, 6) is -0.0149. The molecule has 0 atom stereocenters. The van der Waals surface area contributed by atoms with Crippen molar-refractivity contribution >= 4 is 46.9 Å². The van der Waals surface area contributed by atoms with Gasteiger partial charge in [0.05, 0.1) is 8.74 Å². The van der Waals surface area contributed by atoms with Gasteiger partial charge in [-0.3, -0.25) is 0 Å². The first kappa shape index (κ1) is 8.36. The lowest BCUT2D eigenvalue weighted by atomic mass is 10.4. The van der Waals surface area contributed by atoms with E-state index >= 15 is 0 Å². The van der Waals surface area contributed by atoms with Crippen molar-refractivity contribution in [3.63, 3.8) is 0 Å². The van der Waals surface area contributed by atoms with Gasteiger partial charge in [0.15, 0.2) is 5.76 Å². The normalized spacial score (nSPS) is 19.4. The standard InChI is InChI=1S/C5H4Cl2INO/c6-3-1-2(9)4(10)5(7)8-3/h1,10H,9H2. The summed E-state index contributed by atoms with van der Waals surface area (Å²) in [5.41, 5.74) is 5.59. The molecule has 1 rings (SSSR count). The number of rotatable bonds is 0. The summed E-state index contributed by atoms with van der Waals surface area (Å²) in [4.78, 5) is 0. The van der Waals surface area contributed by atoms with E-state index in [1.807, 2.05) is 0 Å². The third-order valence-electron chi connectivity index (χ3n) is 0.890. The van der Waals surface area contributed by atoms with Gasteiger partial charge in [-0.2, -0.15) is 0 Å². The van der Waals surface area contributed by atoms with Crippen LogP contribution in [0.25, 0.3) is 0 Å². The van der Waals surface area contributed by atoms with Gasteiger partial charge in [0.2, 0.25) is 0 Å². The Bertz CT molecular complexity index is 254. The fourth-order valence-corrected chi connectivity index (χ4v) is 3.42. The van der Waals surface area contributed by atoms with Crippen molar-refractivity contribution in [2.45, 2.75) is 0 Å². The first-order valence-electron chi connectivity index (χ1n) is 2.35. The summed E-state index contributed by atoms with van der Waals surface area (Å²) >= 11 is 10.7. The van der Waals surface area contributed by atoms with Crippen LogP contribution < -0.4 is 5.73 Å². The van der Waals surface area contributed by atoms with E-state index in [4.69, 9.17) is 34.0 Å². The van der Waals surface area contributed by atoms with E-state index in [2.05, 4.69) is 0 Å². The maximum absolute atomic E-state index is 9.07. The van der Waals surface area contributed by atoms with Crippen LogP contribution in [0.1, 0.15) is 0 Å². The van der Waals surface area contributed by atoms with Gasteiger partial charge in [-0.15, -0.1) is 0 Å². The number of hydrogen-bond donors (Lipinski definition) is 2. The van der Waals surface area contributed by atoms with Gasteiger partial charge in [-0.05, 0) is 26.8 Å². The fourth-order valence-electron chi connectivity index (χ4n) is 0.446. The van der Waals surface area contributed by atoms with E-state index in [-0.39, 0.29) is 11.5 Å². The van der Waals surface area contributed by atoms with Crippen molar-refractivity contribution in [1.29, 1.82) is 0 Å². The van der Waals surface area contributed by atoms with Crippen molar-refractivity contribution in [1.82, 2.24) is 0 Å². The molecule has 0 spiro atoms. The SMILES string of the molecule is NC1=C(O)C(Cl)=IC(Cl)=C1. The van der Waals surface area contributed by atoms with Crippen LogP contribution in [-0.2, 0) is 0 Å². The molecule has 0 aromatic rings.